The Morgan fingerprint density at radius 3 is 2.63 bits per heavy atom. The molecule has 0 aliphatic carbocycles. The van der Waals surface area contributed by atoms with Crippen molar-refractivity contribution in [1.29, 1.82) is 0 Å². The fourth-order valence-corrected chi connectivity index (χ4v) is 2.15. The van der Waals surface area contributed by atoms with E-state index in [1.807, 2.05) is 24.7 Å². The summed E-state index contributed by atoms with van der Waals surface area (Å²) in [5.41, 5.74) is 3.68. The van der Waals surface area contributed by atoms with Gasteiger partial charge in [-0.25, -0.2) is 0 Å². The van der Waals surface area contributed by atoms with Crippen LogP contribution in [0.4, 0.5) is 0 Å². The Hall–Kier alpha value is -1.74. The van der Waals surface area contributed by atoms with Gasteiger partial charge in [0.15, 0.2) is 0 Å². The van der Waals surface area contributed by atoms with Crippen molar-refractivity contribution in [2.75, 3.05) is 6.54 Å². The maximum Gasteiger partial charge on any atom is 0.0451 e. The Bertz CT molecular complexity index is 496. The van der Waals surface area contributed by atoms with Gasteiger partial charge in [0, 0.05) is 36.7 Å². The van der Waals surface area contributed by atoms with Crippen molar-refractivity contribution in [3.05, 3.63) is 59.7 Å². The third-order valence-corrected chi connectivity index (χ3v) is 3.26. The molecule has 0 saturated heterocycles. The van der Waals surface area contributed by atoms with Crippen LogP contribution in [0.3, 0.4) is 0 Å². The summed E-state index contributed by atoms with van der Waals surface area (Å²) in [6.45, 7) is 5.31. The molecule has 0 fully saturated rings. The average molecular weight is 255 g/mol. The minimum Gasteiger partial charge on any atom is -0.310 e. The molecule has 0 saturated carbocycles. The molecule has 0 spiro atoms. The SMILES string of the molecule is CCCNC(Cc1ncccc1C)c1ccncc1. The normalized spacial score (nSPS) is 12.3. The van der Waals surface area contributed by atoms with Crippen LogP contribution in [0.15, 0.2) is 42.9 Å². The number of aromatic nitrogens is 2. The largest absolute Gasteiger partial charge is 0.310 e. The lowest BCUT2D eigenvalue weighted by atomic mass is 10.0. The summed E-state index contributed by atoms with van der Waals surface area (Å²) in [7, 11) is 0. The predicted molar refractivity (Wildman–Crippen MR) is 77.9 cm³/mol. The maximum atomic E-state index is 4.50. The second-order valence-electron chi connectivity index (χ2n) is 4.76. The maximum absolute atomic E-state index is 4.50. The van der Waals surface area contributed by atoms with E-state index in [2.05, 4.69) is 47.3 Å². The highest BCUT2D eigenvalue weighted by Gasteiger charge is 2.13. The molecule has 1 N–H and O–H groups in total. The molecule has 1 atom stereocenters. The van der Waals surface area contributed by atoms with E-state index in [4.69, 9.17) is 0 Å². The van der Waals surface area contributed by atoms with Gasteiger partial charge in [0.05, 0.1) is 0 Å². The molecular formula is C16H21N3. The first-order valence-corrected chi connectivity index (χ1v) is 6.85. The second kappa shape index (κ2) is 7.00. The summed E-state index contributed by atoms with van der Waals surface area (Å²) in [6, 6.07) is 8.56. The first kappa shape index (κ1) is 13.7. The van der Waals surface area contributed by atoms with Crippen LogP contribution < -0.4 is 5.32 Å². The quantitative estimate of drug-likeness (QED) is 0.862. The Balaban J connectivity index is 2.17. The van der Waals surface area contributed by atoms with Gasteiger partial charge < -0.3 is 5.32 Å². The van der Waals surface area contributed by atoms with Crippen molar-refractivity contribution in [3.63, 3.8) is 0 Å². The molecule has 0 aromatic carbocycles. The van der Waals surface area contributed by atoms with E-state index in [1.165, 1.54) is 11.1 Å². The van der Waals surface area contributed by atoms with Gasteiger partial charge in [0.2, 0.25) is 0 Å². The highest BCUT2D eigenvalue weighted by molar-refractivity contribution is 5.23. The van der Waals surface area contributed by atoms with Gasteiger partial charge in [-0.3, -0.25) is 9.97 Å². The molecule has 0 bridgehead atoms. The number of nitrogens with zero attached hydrogens (tertiary/aromatic N) is 2. The molecule has 3 heteroatoms. The Labute approximate surface area is 115 Å². The molecule has 0 aliphatic rings. The first-order valence-electron chi connectivity index (χ1n) is 6.85. The van der Waals surface area contributed by atoms with Gasteiger partial charge in [-0.1, -0.05) is 13.0 Å². The van der Waals surface area contributed by atoms with Crippen molar-refractivity contribution >= 4 is 0 Å². The Kier molecular flexibility index (Phi) is 5.04. The molecule has 1 unspecified atom stereocenters. The summed E-state index contributed by atoms with van der Waals surface area (Å²) in [5, 5.41) is 3.59. The highest BCUT2D eigenvalue weighted by Crippen LogP contribution is 2.18. The third kappa shape index (κ3) is 3.86. The zero-order chi connectivity index (χ0) is 13.5. The van der Waals surface area contributed by atoms with E-state index in [9.17, 15) is 0 Å². The van der Waals surface area contributed by atoms with E-state index < -0.39 is 0 Å². The molecule has 2 rings (SSSR count). The zero-order valence-electron chi connectivity index (χ0n) is 11.6. The molecule has 3 nitrogen and oxygen atoms in total. The van der Waals surface area contributed by atoms with E-state index in [1.54, 1.807) is 0 Å². The molecule has 0 radical (unpaired) electrons. The van der Waals surface area contributed by atoms with Crippen LogP contribution in [0.1, 0.15) is 36.2 Å². The summed E-state index contributed by atoms with van der Waals surface area (Å²) < 4.78 is 0. The van der Waals surface area contributed by atoms with Crippen molar-refractivity contribution < 1.29 is 0 Å². The Morgan fingerprint density at radius 1 is 1.16 bits per heavy atom. The van der Waals surface area contributed by atoms with Gasteiger partial charge in [0.1, 0.15) is 0 Å². The van der Waals surface area contributed by atoms with Crippen LogP contribution in [0.2, 0.25) is 0 Å². The lowest BCUT2D eigenvalue weighted by molar-refractivity contribution is 0.523. The lowest BCUT2D eigenvalue weighted by Gasteiger charge is -2.19. The number of aryl methyl sites for hydroxylation is 1. The predicted octanol–water partition coefficient (Wildman–Crippen LogP) is 3.07. The van der Waals surface area contributed by atoms with Crippen LogP contribution in [-0.2, 0) is 6.42 Å². The second-order valence-corrected chi connectivity index (χ2v) is 4.76. The van der Waals surface area contributed by atoms with Crippen LogP contribution >= 0.6 is 0 Å². The number of hydrogen-bond donors (Lipinski definition) is 1. The number of rotatable bonds is 6. The molecule has 2 aromatic heterocycles. The van der Waals surface area contributed by atoms with Crippen molar-refractivity contribution in [2.24, 2.45) is 0 Å². The summed E-state index contributed by atoms with van der Waals surface area (Å²) in [4.78, 5) is 8.59. The number of hydrogen-bond acceptors (Lipinski definition) is 3. The average Bonchev–Trinajstić information content (AvgIpc) is 2.46. The monoisotopic (exact) mass is 255 g/mol. The topological polar surface area (TPSA) is 37.8 Å². The fraction of sp³-hybridized carbons (Fsp3) is 0.375. The molecule has 2 heterocycles. The minimum absolute atomic E-state index is 0.302. The van der Waals surface area contributed by atoms with E-state index in [-0.39, 0.29) is 0 Å². The van der Waals surface area contributed by atoms with E-state index in [0.29, 0.717) is 6.04 Å². The Morgan fingerprint density at radius 2 is 1.95 bits per heavy atom. The smallest absolute Gasteiger partial charge is 0.0451 e. The fourth-order valence-electron chi connectivity index (χ4n) is 2.15. The minimum atomic E-state index is 0.302. The van der Waals surface area contributed by atoms with Gasteiger partial charge in [-0.05, 0) is 49.2 Å². The van der Waals surface area contributed by atoms with E-state index in [0.717, 1.165) is 25.1 Å². The van der Waals surface area contributed by atoms with Gasteiger partial charge in [-0.2, -0.15) is 0 Å². The summed E-state index contributed by atoms with van der Waals surface area (Å²) >= 11 is 0. The lowest BCUT2D eigenvalue weighted by Crippen LogP contribution is -2.24. The standard InChI is InChI=1S/C16H21N3/c1-3-8-18-16(14-6-10-17-11-7-14)12-15-13(2)5-4-9-19-15/h4-7,9-11,16,18H,3,8,12H2,1-2H3. The van der Waals surface area contributed by atoms with Crippen molar-refractivity contribution in [1.82, 2.24) is 15.3 Å². The van der Waals surface area contributed by atoms with Crippen LogP contribution in [0.5, 0.6) is 0 Å². The third-order valence-electron chi connectivity index (χ3n) is 3.26. The van der Waals surface area contributed by atoms with Gasteiger partial charge in [0.25, 0.3) is 0 Å². The number of nitrogens with one attached hydrogen (secondary N) is 1. The van der Waals surface area contributed by atoms with E-state index >= 15 is 0 Å². The molecule has 100 valence electrons. The van der Waals surface area contributed by atoms with Crippen LogP contribution in [0, 0.1) is 6.92 Å². The van der Waals surface area contributed by atoms with Crippen LogP contribution in [-0.4, -0.2) is 16.5 Å². The number of pyridine rings is 2. The highest BCUT2D eigenvalue weighted by atomic mass is 14.9. The first-order chi connectivity index (χ1) is 9.31. The van der Waals surface area contributed by atoms with Crippen LogP contribution in [0.25, 0.3) is 0 Å². The van der Waals surface area contributed by atoms with Crippen molar-refractivity contribution in [2.45, 2.75) is 32.7 Å². The zero-order valence-corrected chi connectivity index (χ0v) is 11.6. The molecule has 0 amide bonds. The summed E-state index contributed by atoms with van der Waals surface area (Å²) in [5.74, 6) is 0. The van der Waals surface area contributed by atoms with Crippen molar-refractivity contribution in [3.8, 4) is 0 Å². The van der Waals surface area contributed by atoms with Gasteiger partial charge in [-0.15, -0.1) is 0 Å². The molecular weight excluding hydrogens is 234 g/mol. The molecule has 2 aromatic rings. The summed E-state index contributed by atoms with van der Waals surface area (Å²) in [6.07, 6.45) is 7.60. The molecule has 0 aliphatic heterocycles. The van der Waals surface area contributed by atoms with Gasteiger partial charge >= 0.3 is 0 Å². The molecule has 19 heavy (non-hydrogen) atoms.